The molecule has 0 aromatic heterocycles. The molecule has 2 N–H and O–H groups in total. The van der Waals surface area contributed by atoms with Crippen molar-refractivity contribution >= 4 is 39.1 Å². The van der Waals surface area contributed by atoms with Crippen molar-refractivity contribution in [3.8, 4) is 11.5 Å². The zero-order valence-corrected chi connectivity index (χ0v) is 14.3. The van der Waals surface area contributed by atoms with Gasteiger partial charge in [-0.25, -0.2) is 4.39 Å². The predicted octanol–water partition coefficient (Wildman–Crippen LogP) is 5.58. The van der Waals surface area contributed by atoms with Crippen LogP contribution in [-0.2, 0) is 6.42 Å². The molecule has 0 radical (unpaired) electrons. The van der Waals surface area contributed by atoms with Gasteiger partial charge in [0.15, 0.2) is 0 Å². The van der Waals surface area contributed by atoms with Crippen LogP contribution in [0.3, 0.4) is 0 Å². The summed E-state index contributed by atoms with van der Waals surface area (Å²) in [5.74, 6) is 0.318. The van der Waals surface area contributed by atoms with E-state index in [4.69, 9.17) is 33.7 Å². The number of ether oxygens (including phenoxy) is 1. The van der Waals surface area contributed by atoms with E-state index in [2.05, 4.69) is 15.9 Å². The lowest BCUT2D eigenvalue weighted by molar-refractivity contribution is 0.465. The Kier molecular flexibility index (Phi) is 5.49. The smallest absolute Gasteiger partial charge is 0.145 e. The van der Waals surface area contributed by atoms with Crippen LogP contribution in [0.25, 0.3) is 0 Å². The third-order valence-electron chi connectivity index (χ3n) is 2.77. The van der Waals surface area contributed by atoms with Gasteiger partial charge in [-0.2, -0.15) is 0 Å². The van der Waals surface area contributed by atoms with Crippen molar-refractivity contribution in [2.45, 2.75) is 19.4 Å². The summed E-state index contributed by atoms with van der Waals surface area (Å²) in [5, 5.41) is 0.556. The fourth-order valence-corrected chi connectivity index (χ4v) is 2.72. The Morgan fingerprint density at radius 3 is 2.62 bits per heavy atom. The van der Waals surface area contributed by atoms with Crippen LogP contribution < -0.4 is 10.5 Å². The van der Waals surface area contributed by atoms with Crippen molar-refractivity contribution < 1.29 is 9.13 Å². The Balaban J connectivity index is 2.38. The Hall–Kier alpha value is -0.810. The molecule has 0 fully saturated rings. The van der Waals surface area contributed by atoms with Crippen LogP contribution in [0.1, 0.15) is 12.5 Å². The fourth-order valence-electron chi connectivity index (χ4n) is 1.84. The maximum atomic E-state index is 13.6. The molecule has 0 bridgehead atoms. The molecule has 0 aliphatic rings. The van der Waals surface area contributed by atoms with Gasteiger partial charge in [0.05, 0.1) is 9.50 Å². The van der Waals surface area contributed by atoms with E-state index in [0.29, 0.717) is 27.4 Å². The van der Waals surface area contributed by atoms with Crippen LogP contribution in [-0.4, -0.2) is 6.04 Å². The third kappa shape index (κ3) is 4.33. The summed E-state index contributed by atoms with van der Waals surface area (Å²) < 4.78 is 19.9. The molecule has 112 valence electrons. The highest BCUT2D eigenvalue weighted by Gasteiger charge is 2.12. The lowest BCUT2D eigenvalue weighted by atomic mass is 10.1. The second kappa shape index (κ2) is 6.97. The first-order chi connectivity index (χ1) is 9.86. The first kappa shape index (κ1) is 16.6. The van der Waals surface area contributed by atoms with Crippen molar-refractivity contribution in [3.05, 3.63) is 56.2 Å². The summed E-state index contributed by atoms with van der Waals surface area (Å²) in [7, 11) is 0. The van der Waals surface area contributed by atoms with E-state index in [9.17, 15) is 4.39 Å². The summed E-state index contributed by atoms with van der Waals surface area (Å²) in [4.78, 5) is 0. The van der Waals surface area contributed by atoms with Gasteiger partial charge in [0, 0.05) is 17.1 Å². The van der Waals surface area contributed by atoms with Crippen LogP contribution in [0.4, 0.5) is 4.39 Å². The van der Waals surface area contributed by atoms with Crippen LogP contribution in [0.2, 0.25) is 10.0 Å². The largest absolute Gasteiger partial charge is 0.456 e. The molecule has 21 heavy (non-hydrogen) atoms. The Bertz CT molecular complexity index is 664. The molecular weight excluding hydrogens is 380 g/mol. The number of halogens is 4. The molecule has 2 aromatic rings. The monoisotopic (exact) mass is 391 g/mol. The van der Waals surface area contributed by atoms with E-state index in [1.54, 1.807) is 12.1 Å². The molecule has 0 aliphatic heterocycles. The molecule has 0 aliphatic carbocycles. The Labute approximate surface area is 141 Å². The van der Waals surface area contributed by atoms with E-state index < -0.39 is 5.82 Å². The first-order valence-corrected chi connectivity index (χ1v) is 7.78. The number of nitrogens with two attached hydrogens (primary N) is 1. The zero-order chi connectivity index (χ0) is 15.6. The molecule has 1 unspecified atom stereocenters. The highest BCUT2D eigenvalue weighted by atomic mass is 79.9. The molecule has 0 heterocycles. The normalized spacial score (nSPS) is 12.3. The van der Waals surface area contributed by atoms with E-state index in [1.165, 1.54) is 12.1 Å². The molecule has 0 saturated carbocycles. The van der Waals surface area contributed by atoms with Crippen LogP contribution in [0, 0.1) is 5.82 Å². The minimum absolute atomic E-state index is 0.0242. The summed E-state index contributed by atoms with van der Waals surface area (Å²) in [6.45, 7) is 1.90. The molecule has 0 saturated heterocycles. The number of benzene rings is 2. The number of hydrogen-bond acceptors (Lipinski definition) is 2. The molecule has 2 aromatic carbocycles. The van der Waals surface area contributed by atoms with Crippen molar-refractivity contribution in [3.63, 3.8) is 0 Å². The Morgan fingerprint density at radius 1 is 1.24 bits per heavy atom. The van der Waals surface area contributed by atoms with E-state index >= 15 is 0 Å². The molecule has 0 amide bonds. The van der Waals surface area contributed by atoms with E-state index in [0.717, 1.165) is 5.56 Å². The van der Waals surface area contributed by atoms with Gasteiger partial charge in [-0.1, -0.05) is 29.3 Å². The average Bonchev–Trinajstić information content (AvgIpc) is 2.38. The summed E-state index contributed by atoms with van der Waals surface area (Å²) in [5.41, 5.74) is 6.72. The standard InChI is InChI=1S/C15H13BrCl2FNO/c1-8(20)4-9-2-3-10(17)5-14(9)21-15-7-13(19)12(18)6-11(15)16/h2-3,5-8H,4,20H2,1H3. The van der Waals surface area contributed by atoms with E-state index in [-0.39, 0.29) is 11.1 Å². The average molecular weight is 393 g/mol. The molecule has 0 spiro atoms. The van der Waals surface area contributed by atoms with Gasteiger partial charge in [0.1, 0.15) is 17.3 Å². The second-order valence-electron chi connectivity index (χ2n) is 4.73. The molecule has 6 heteroatoms. The van der Waals surface area contributed by atoms with Crippen molar-refractivity contribution in [1.29, 1.82) is 0 Å². The summed E-state index contributed by atoms with van der Waals surface area (Å²) >= 11 is 15.0. The zero-order valence-electron chi connectivity index (χ0n) is 11.2. The summed E-state index contributed by atoms with van der Waals surface area (Å²) in [6.07, 6.45) is 0.625. The lowest BCUT2D eigenvalue weighted by Crippen LogP contribution is -2.18. The topological polar surface area (TPSA) is 35.2 Å². The third-order valence-corrected chi connectivity index (χ3v) is 3.91. The van der Waals surface area contributed by atoms with Crippen LogP contribution in [0.5, 0.6) is 11.5 Å². The molecule has 1 atom stereocenters. The summed E-state index contributed by atoms with van der Waals surface area (Å²) in [6, 6.07) is 7.94. The minimum Gasteiger partial charge on any atom is -0.456 e. The van der Waals surface area contributed by atoms with Gasteiger partial charge in [-0.05, 0) is 53.0 Å². The minimum atomic E-state index is -0.550. The van der Waals surface area contributed by atoms with Crippen LogP contribution in [0.15, 0.2) is 34.8 Å². The van der Waals surface area contributed by atoms with Gasteiger partial charge >= 0.3 is 0 Å². The van der Waals surface area contributed by atoms with Gasteiger partial charge in [0.2, 0.25) is 0 Å². The first-order valence-electron chi connectivity index (χ1n) is 6.23. The lowest BCUT2D eigenvalue weighted by Gasteiger charge is -2.14. The van der Waals surface area contributed by atoms with Crippen LogP contribution >= 0.6 is 39.1 Å². The molecular formula is C15H13BrCl2FNO. The maximum Gasteiger partial charge on any atom is 0.145 e. The molecule has 2 rings (SSSR count). The highest BCUT2D eigenvalue weighted by Crippen LogP contribution is 2.36. The van der Waals surface area contributed by atoms with E-state index in [1.807, 2.05) is 13.0 Å². The SMILES string of the molecule is CC(N)Cc1ccc(Cl)cc1Oc1cc(F)c(Cl)cc1Br. The van der Waals surface area contributed by atoms with Gasteiger partial charge in [-0.3, -0.25) is 0 Å². The predicted molar refractivity (Wildman–Crippen MR) is 88.0 cm³/mol. The fraction of sp³-hybridized carbons (Fsp3) is 0.200. The molecule has 2 nitrogen and oxygen atoms in total. The number of hydrogen-bond donors (Lipinski definition) is 1. The van der Waals surface area contributed by atoms with Crippen molar-refractivity contribution in [2.75, 3.05) is 0 Å². The van der Waals surface area contributed by atoms with Gasteiger partial charge in [-0.15, -0.1) is 0 Å². The van der Waals surface area contributed by atoms with Crippen molar-refractivity contribution in [2.24, 2.45) is 5.73 Å². The van der Waals surface area contributed by atoms with Gasteiger partial charge < -0.3 is 10.5 Å². The number of rotatable bonds is 4. The second-order valence-corrected chi connectivity index (χ2v) is 6.43. The van der Waals surface area contributed by atoms with Crippen molar-refractivity contribution in [1.82, 2.24) is 0 Å². The Morgan fingerprint density at radius 2 is 1.95 bits per heavy atom. The maximum absolute atomic E-state index is 13.6. The highest BCUT2D eigenvalue weighted by molar-refractivity contribution is 9.10. The van der Waals surface area contributed by atoms with Gasteiger partial charge in [0.25, 0.3) is 0 Å². The quantitative estimate of drug-likeness (QED) is 0.689.